The van der Waals surface area contributed by atoms with Gasteiger partial charge in [0.2, 0.25) is 0 Å². The van der Waals surface area contributed by atoms with Crippen LogP contribution >= 0.6 is 11.3 Å². The number of thiophene rings is 1. The van der Waals surface area contributed by atoms with Crippen LogP contribution in [0.25, 0.3) is 17.2 Å². The molecule has 2 aliphatic rings. The molecule has 0 spiro atoms. The summed E-state index contributed by atoms with van der Waals surface area (Å²) in [5.74, 6) is 0.747. The van der Waals surface area contributed by atoms with Crippen LogP contribution in [0.15, 0.2) is 24.5 Å². The molecular weight excluding hydrogens is 398 g/mol. The van der Waals surface area contributed by atoms with Crippen molar-refractivity contribution in [2.75, 3.05) is 13.1 Å². The van der Waals surface area contributed by atoms with Gasteiger partial charge in [0, 0.05) is 40.5 Å². The number of aliphatic hydroxyl groups is 1. The van der Waals surface area contributed by atoms with E-state index in [9.17, 15) is 9.90 Å². The number of likely N-dealkylation sites (tertiary alicyclic amines) is 1. The molecule has 7 nitrogen and oxygen atoms in total. The monoisotopic (exact) mass is 423 g/mol. The molecule has 8 heteroatoms. The number of aromatic nitrogens is 4. The Morgan fingerprint density at radius 1 is 1.27 bits per heavy atom. The quantitative estimate of drug-likeness (QED) is 0.695. The average molecular weight is 424 g/mol. The van der Waals surface area contributed by atoms with Crippen molar-refractivity contribution in [2.45, 2.75) is 51.6 Å². The molecule has 3 aromatic rings. The fourth-order valence-electron chi connectivity index (χ4n) is 4.23. The van der Waals surface area contributed by atoms with Crippen LogP contribution in [-0.2, 0) is 0 Å². The maximum Gasteiger partial charge on any atom is 0.257 e. The molecule has 1 aliphatic heterocycles. The van der Waals surface area contributed by atoms with E-state index in [2.05, 4.69) is 30.0 Å². The van der Waals surface area contributed by atoms with Crippen LogP contribution in [0.1, 0.15) is 57.4 Å². The number of amides is 1. The first-order valence-corrected chi connectivity index (χ1v) is 11.3. The van der Waals surface area contributed by atoms with Crippen LogP contribution in [0.4, 0.5) is 0 Å². The number of rotatable bonds is 4. The summed E-state index contributed by atoms with van der Waals surface area (Å²) < 4.78 is 1.74. The molecule has 1 N–H and O–H groups in total. The highest BCUT2D eigenvalue weighted by atomic mass is 32.1. The summed E-state index contributed by atoms with van der Waals surface area (Å²) in [5, 5.41) is 14.5. The van der Waals surface area contributed by atoms with Gasteiger partial charge >= 0.3 is 0 Å². The molecule has 2 fully saturated rings. The Morgan fingerprint density at radius 3 is 2.80 bits per heavy atom. The second-order valence-electron chi connectivity index (χ2n) is 8.25. The predicted octanol–water partition coefficient (Wildman–Crippen LogP) is 3.48. The van der Waals surface area contributed by atoms with Gasteiger partial charge in [-0.1, -0.05) is 0 Å². The fourth-order valence-corrected chi connectivity index (χ4v) is 5.16. The van der Waals surface area contributed by atoms with Crippen molar-refractivity contribution in [2.24, 2.45) is 0 Å². The van der Waals surface area contributed by atoms with E-state index < -0.39 is 6.10 Å². The number of β-amino-alcohol motifs (C(OH)–C–C–N with tert-alkyl or cyclic N) is 1. The summed E-state index contributed by atoms with van der Waals surface area (Å²) in [6.45, 7) is 5.25. The zero-order valence-corrected chi connectivity index (χ0v) is 18.0. The minimum Gasteiger partial charge on any atom is -0.391 e. The maximum atomic E-state index is 13.2. The summed E-state index contributed by atoms with van der Waals surface area (Å²) in [7, 11) is 0. The van der Waals surface area contributed by atoms with Gasteiger partial charge in [-0.3, -0.25) is 4.79 Å². The predicted molar refractivity (Wildman–Crippen MR) is 115 cm³/mol. The third kappa shape index (κ3) is 3.54. The van der Waals surface area contributed by atoms with Crippen molar-refractivity contribution in [3.63, 3.8) is 0 Å². The SMILES string of the molecule is Cc1cc(-c2ccnc(-n3ncc(C(=O)N4CCCC(O)C4)c3C3CC3)n2)c(C)s1. The number of piperidine rings is 1. The first kappa shape index (κ1) is 19.4. The van der Waals surface area contributed by atoms with E-state index in [0.29, 0.717) is 30.5 Å². The number of carbonyl (C=O) groups excluding carboxylic acids is 1. The van der Waals surface area contributed by atoms with E-state index in [1.807, 2.05) is 6.07 Å². The van der Waals surface area contributed by atoms with Gasteiger partial charge in [-0.2, -0.15) is 5.10 Å². The lowest BCUT2D eigenvalue weighted by Gasteiger charge is -2.30. The molecule has 30 heavy (non-hydrogen) atoms. The highest BCUT2D eigenvalue weighted by Crippen LogP contribution is 2.42. The van der Waals surface area contributed by atoms with Crippen LogP contribution in [-0.4, -0.2) is 54.9 Å². The Morgan fingerprint density at radius 2 is 2.10 bits per heavy atom. The van der Waals surface area contributed by atoms with Crippen molar-refractivity contribution < 1.29 is 9.90 Å². The largest absolute Gasteiger partial charge is 0.391 e. The van der Waals surface area contributed by atoms with E-state index in [1.165, 1.54) is 9.75 Å². The van der Waals surface area contributed by atoms with Gasteiger partial charge in [-0.15, -0.1) is 11.3 Å². The van der Waals surface area contributed by atoms with Gasteiger partial charge in [0.1, 0.15) is 0 Å². The lowest BCUT2D eigenvalue weighted by atomic mass is 10.1. The standard InChI is InChI=1S/C22H25N5O2S/c1-13-10-17(14(2)30-13)19-7-8-23-22(25-19)27-20(15-5-6-15)18(11-24-27)21(29)26-9-3-4-16(28)12-26/h7-8,10-11,15-16,28H,3-6,9,12H2,1-2H3. The summed E-state index contributed by atoms with van der Waals surface area (Å²) in [5.41, 5.74) is 3.49. The Hall–Kier alpha value is -2.58. The minimum atomic E-state index is -0.445. The summed E-state index contributed by atoms with van der Waals surface area (Å²) in [6, 6.07) is 4.06. The number of carbonyl (C=O) groups is 1. The molecule has 1 atom stereocenters. The Balaban J connectivity index is 1.52. The van der Waals surface area contributed by atoms with Gasteiger partial charge < -0.3 is 10.0 Å². The molecule has 1 saturated carbocycles. The summed E-state index contributed by atoms with van der Waals surface area (Å²) >= 11 is 1.75. The number of aryl methyl sites for hydroxylation is 2. The zero-order valence-electron chi connectivity index (χ0n) is 17.2. The van der Waals surface area contributed by atoms with Gasteiger partial charge in [0.25, 0.3) is 11.9 Å². The molecule has 0 radical (unpaired) electrons. The number of nitrogens with zero attached hydrogens (tertiary/aromatic N) is 5. The number of hydrogen-bond donors (Lipinski definition) is 1. The van der Waals surface area contributed by atoms with Crippen molar-refractivity contribution >= 4 is 17.2 Å². The van der Waals surface area contributed by atoms with Crippen molar-refractivity contribution in [1.82, 2.24) is 24.6 Å². The van der Waals surface area contributed by atoms with Gasteiger partial charge in [0.05, 0.1) is 29.3 Å². The third-order valence-corrected chi connectivity index (χ3v) is 6.80. The molecular formula is C22H25N5O2S. The average Bonchev–Trinajstić information content (AvgIpc) is 3.39. The molecule has 156 valence electrons. The highest BCUT2D eigenvalue weighted by molar-refractivity contribution is 7.12. The van der Waals surface area contributed by atoms with Gasteiger partial charge in [0.15, 0.2) is 0 Å². The van der Waals surface area contributed by atoms with Crippen molar-refractivity contribution in [1.29, 1.82) is 0 Å². The van der Waals surface area contributed by atoms with E-state index in [1.54, 1.807) is 33.3 Å². The first-order chi connectivity index (χ1) is 14.5. The van der Waals surface area contributed by atoms with E-state index in [4.69, 9.17) is 4.98 Å². The Kier molecular flexibility index (Phi) is 4.91. The van der Waals surface area contributed by atoms with Crippen LogP contribution in [0.2, 0.25) is 0 Å². The van der Waals surface area contributed by atoms with Gasteiger partial charge in [-0.25, -0.2) is 14.6 Å². The molecule has 1 unspecified atom stereocenters. The topological polar surface area (TPSA) is 84.1 Å². The van der Waals surface area contributed by atoms with E-state index in [0.717, 1.165) is 42.6 Å². The fraction of sp³-hybridized carbons (Fsp3) is 0.455. The zero-order chi connectivity index (χ0) is 20.8. The van der Waals surface area contributed by atoms with Crippen LogP contribution in [0.3, 0.4) is 0 Å². The molecule has 1 amide bonds. The number of hydrogen-bond acceptors (Lipinski definition) is 6. The molecule has 1 aliphatic carbocycles. The summed E-state index contributed by atoms with van der Waals surface area (Å²) in [6.07, 6.45) is 6.61. The van der Waals surface area contributed by atoms with Crippen molar-refractivity contribution in [3.05, 3.63) is 45.5 Å². The summed E-state index contributed by atoms with van der Waals surface area (Å²) in [4.78, 5) is 26.7. The molecule has 0 bridgehead atoms. The number of aliphatic hydroxyl groups excluding tert-OH is 1. The lowest BCUT2D eigenvalue weighted by Crippen LogP contribution is -2.42. The van der Waals surface area contributed by atoms with Crippen LogP contribution in [0, 0.1) is 13.8 Å². The van der Waals surface area contributed by atoms with Crippen LogP contribution in [0.5, 0.6) is 0 Å². The first-order valence-electron chi connectivity index (χ1n) is 10.5. The second kappa shape index (κ2) is 7.59. The van der Waals surface area contributed by atoms with Crippen LogP contribution < -0.4 is 0 Å². The second-order valence-corrected chi connectivity index (χ2v) is 9.71. The molecule has 4 heterocycles. The third-order valence-electron chi connectivity index (χ3n) is 5.83. The molecule has 0 aromatic carbocycles. The van der Waals surface area contributed by atoms with Gasteiger partial charge in [-0.05, 0) is 51.7 Å². The Labute approximate surface area is 179 Å². The molecule has 1 saturated heterocycles. The lowest BCUT2D eigenvalue weighted by molar-refractivity contribution is 0.0472. The normalized spacial score (nSPS) is 19.3. The maximum absolute atomic E-state index is 13.2. The van der Waals surface area contributed by atoms with E-state index in [-0.39, 0.29) is 5.91 Å². The van der Waals surface area contributed by atoms with E-state index >= 15 is 0 Å². The smallest absolute Gasteiger partial charge is 0.257 e. The van der Waals surface area contributed by atoms with Crippen molar-refractivity contribution in [3.8, 4) is 17.2 Å². The minimum absolute atomic E-state index is 0.0534. The Bertz CT molecular complexity index is 1100. The molecule has 5 rings (SSSR count). The highest BCUT2D eigenvalue weighted by Gasteiger charge is 2.35. The molecule has 3 aromatic heterocycles.